The lowest BCUT2D eigenvalue weighted by Gasteiger charge is -2.08. The Kier molecular flexibility index (Phi) is 3.80. The van der Waals surface area contributed by atoms with E-state index in [-0.39, 0.29) is 15.7 Å². The molecule has 0 atom stereocenters. The third-order valence-corrected chi connectivity index (χ3v) is 3.13. The zero-order chi connectivity index (χ0) is 11.5. The lowest BCUT2D eigenvalue weighted by atomic mass is 10.3. The lowest BCUT2D eigenvalue weighted by molar-refractivity contribution is 0.604. The van der Waals surface area contributed by atoms with Crippen LogP contribution >= 0.6 is 23.2 Å². The zero-order valence-electron chi connectivity index (χ0n) is 7.37. The van der Waals surface area contributed by atoms with Gasteiger partial charge < -0.3 is 0 Å². The van der Waals surface area contributed by atoms with E-state index >= 15 is 0 Å². The first-order valence-electron chi connectivity index (χ1n) is 3.78. The number of nitriles is 1. The van der Waals surface area contributed by atoms with Gasteiger partial charge in [-0.05, 0) is 12.1 Å². The van der Waals surface area contributed by atoms with E-state index in [0.717, 1.165) is 0 Å². The van der Waals surface area contributed by atoms with Crippen LogP contribution in [0.2, 0.25) is 10.0 Å². The maximum atomic E-state index is 11.3. The van der Waals surface area contributed by atoms with Crippen molar-refractivity contribution in [3.63, 3.8) is 0 Å². The van der Waals surface area contributed by atoms with E-state index in [4.69, 9.17) is 28.5 Å². The molecular weight excluding hydrogens is 259 g/mol. The largest absolute Gasteiger partial charge is 0.280 e. The minimum absolute atomic E-state index is 0.0936. The number of hydrogen-bond acceptors (Lipinski definition) is 3. The molecule has 0 saturated carbocycles. The predicted octanol–water partition coefficient (Wildman–Crippen LogP) is 2.26. The van der Waals surface area contributed by atoms with Crippen LogP contribution in [-0.4, -0.2) is 14.2 Å². The molecule has 1 aromatic carbocycles. The van der Waals surface area contributed by atoms with Crippen LogP contribution < -0.4 is 4.72 Å². The van der Waals surface area contributed by atoms with E-state index in [0.29, 0.717) is 0 Å². The van der Waals surface area contributed by atoms with Gasteiger partial charge in [0.25, 0.3) is 0 Å². The first-order chi connectivity index (χ1) is 6.96. The molecule has 0 unspecified atom stereocenters. The van der Waals surface area contributed by atoms with Gasteiger partial charge in [-0.1, -0.05) is 29.3 Å². The normalized spacial score (nSPS) is 10.7. The third-order valence-electron chi connectivity index (χ3n) is 1.47. The number of para-hydroxylation sites is 1. The van der Waals surface area contributed by atoms with Gasteiger partial charge in [0, 0.05) is 0 Å². The maximum absolute atomic E-state index is 11.3. The molecule has 4 nitrogen and oxygen atoms in total. The van der Waals surface area contributed by atoms with Crippen LogP contribution in [0, 0.1) is 11.3 Å². The standard InChI is InChI=1S/C8H6Cl2N2O2S/c9-6-2-1-3-7(10)8(6)12-15(13,14)5-4-11/h1-3,12H,5H2. The highest BCUT2D eigenvalue weighted by molar-refractivity contribution is 7.92. The summed E-state index contributed by atoms with van der Waals surface area (Å²) in [5, 5.41) is 8.65. The predicted molar refractivity (Wildman–Crippen MR) is 59.5 cm³/mol. The van der Waals surface area contributed by atoms with Crippen molar-refractivity contribution in [2.75, 3.05) is 10.5 Å². The minimum Gasteiger partial charge on any atom is -0.280 e. The molecule has 80 valence electrons. The van der Waals surface area contributed by atoms with Crippen LogP contribution in [-0.2, 0) is 10.0 Å². The van der Waals surface area contributed by atoms with Crippen LogP contribution in [0.25, 0.3) is 0 Å². The highest BCUT2D eigenvalue weighted by atomic mass is 35.5. The second-order valence-electron chi connectivity index (χ2n) is 2.62. The molecule has 1 aromatic rings. The molecule has 1 N–H and O–H groups in total. The Morgan fingerprint density at radius 3 is 2.33 bits per heavy atom. The molecular formula is C8H6Cl2N2O2S. The highest BCUT2D eigenvalue weighted by Crippen LogP contribution is 2.30. The van der Waals surface area contributed by atoms with Crippen LogP contribution in [0.1, 0.15) is 0 Å². The molecule has 0 fully saturated rings. The van der Waals surface area contributed by atoms with Gasteiger partial charge in [-0.2, -0.15) is 5.26 Å². The Labute approximate surface area is 97.5 Å². The Morgan fingerprint density at radius 1 is 1.33 bits per heavy atom. The summed E-state index contributed by atoms with van der Waals surface area (Å²) in [4.78, 5) is 0. The van der Waals surface area contributed by atoms with Crippen molar-refractivity contribution in [3.05, 3.63) is 28.2 Å². The molecule has 0 saturated heterocycles. The fraction of sp³-hybridized carbons (Fsp3) is 0.125. The summed E-state index contributed by atoms with van der Waals surface area (Å²) in [5.74, 6) is -0.644. The molecule has 0 aromatic heterocycles. The van der Waals surface area contributed by atoms with Gasteiger partial charge >= 0.3 is 0 Å². The smallest absolute Gasteiger partial charge is 0.246 e. The van der Waals surface area contributed by atoms with Crippen molar-refractivity contribution in [1.82, 2.24) is 0 Å². The van der Waals surface area contributed by atoms with Crippen molar-refractivity contribution in [3.8, 4) is 6.07 Å². The number of rotatable bonds is 3. The number of benzene rings is 1. The van der Waals surface area contributed by atoms with Crippen LogP contribution in [0.15, 0.2) is 18.2 Å². The van der Waals surface area contributed by atoms with E-state index in [1.807, 2.05) is 0 Å². The second kappa shape index (κ2) is 4.71. The van der Waals surface area contributed by atoms with Crippen LogP contribution in [0.4, 0.5) is 5.69 Å². The van der Waals surface area contributed by atoms with Gasteiger partial charge in [-0.3, -0.25) is 4.72 Å². The van der Waals surface area contributed by atoms with Gasteiger partial charge in [0.05, 0.1) is 21.8 Å². The van der Waals surface area contributed by atoms with Crippen molar-refractivity contribution in [2.45, 2.75) is 0 Å². The summed E-state index contributed by atoms with van der Waals surface area (Å²) in [6.07, 6.45) is 0. The van der Waals surface area contributed by atoms with E-state index in [2.05, 4.69) is 4.72 Å². The number of nitrogens with zero attached hydrogens (tertiary/aromatic N) is 1. The quantitative estimate of drug-likeness (QED) is 0.911. The average molecular weight is 265 g/mol. The van der Waals surface area contributed by atoms with Crippen molar-refractivity contribution < 1.29 is 8.42 Å². The molecule has 0 aliphatic carbocycles. The van der Waals surface area contributed by atoms with Crippen molar-refractivity contribution in [1.29, 1.82) is 5.26 Å². The second-order valence-corrected chi connectivity index (χ2v) is 5.15. The highest BCUT2D eigenvalue weighted by Gasteiger charge is 2.14. The summed E-state index contributed by atoms with van der Waals surface area (Å²) in [6, 6.07) is 6.12. The number of nitrogens with one attached hydrogen (secondary N) is 1. The molecule has 1 rings (SSSR count). The van der Waals surface area contributed by atoms with Gasteiger partial charge in [-0.15, -0.1) is 0 Å². The molecule has 0 aliphatic rings. The van der Waals surface area contributed by atoms with Crippen molar-refractivity contribution >= 4 is 38.9 Å². The lowest BCUT2D eigenvalue weighted by Crippen LogP contribution is -2.16. The molecule has 0 bridgehead atoms. The minimum atomic E-state index is -3.71. The molecule has 0 spiro atoms. The zero-order valence-corrected chi connectivity index (χ0v) is 9.70. The average Bonchev–Trinajstić information content (AvgIpc) is 2.11. The Balaban J connectivity index is 3.06. The molecule has 0 amide bonds. The van der Waals surface area contributed by atoms with Gasteiger partial charge in [0.1, 0.15) is 0 Å². The summed E-state index contributed by atoms with van der Waals surface area (Å²) in [6.45, 7) is 0. The number of anilines is 1. The Hall–Kier alpha value is -0.960. The van der Waals surface area contributed by atoms with E-state index < -0.39 is 15.8 Å². The first kappa shape index (κ1) is 12.1. The molecule has 7 heteroatoms. The maximum Gasteiger partial charge on any atom is 0.246 e. The summed E-state index contributed by atoms with van der Waals surface area (Å²) < 4.78 is 24.6. The summed E-state index contributed by atoms with van der Waals surface area (Å²) >= 11 is 11.5. The topological polar surface area (TPSA) is 70.0 Å². The summed E-state index contributed by atoms with van der Waals surface area (Å²) in [5.41, 5.74) is 0.0936. The molecule has 0 aliphatic heterocycles. The number of halogens is 2. The van der Waals surface area contributed by atoms with E-state index in [9.17, 15) is 8.42 Å². The van der Waals surface area contributed by atoms with Crippen molar-refractivity contribution in [2.24, 2.45) is 0 Å². The van der Waals surface area contributed by atoms with Gasteiger partial charge in [0.2, 0.25) is 10.0 Å². The molecule has 0 radical (unpaired) electrons. The van der Waals surface area contributed by atoms with Crippen LogP contribution in [0.3, 0.4) is 0 Å². The number of hydrogen-bond donors (Lipinski definition) is 1. The Morgan fingerprint density at radius 2 is 1.87 bits per heavy atom. The van der Waals surface area contributed by atoms with Gasteiger partial charge in [0.15, 0.2) is 5.75 Å². The Bertz CT molecular complexity index is 488. The monoisotopic (exact) mass is 264 g/mol. The SMILES string of the molecule is N#CCS(=O)(=O)Nc1c(Cl)cccc1Cl. The number of sulfonamides is 1. The van der Waals surface area contributed by atoms with Crippen LogP contribution in [0.5, 0.6) is 0 Å². The van der Waals surface area contributed by atoms with E-state index in [1.165, 1.54) is 18.2 Å². The molecule has 15 heavy (non-hydrogen) atoms. The fourth-order valence-corrected chi connectivity index (χ4v) is 2.25. The van der Waals surface area contributed by atoms with E-state index in [1.54, 1.807) is 6.07 Å². The third kappa shape index (κ3) is 3.27. The summed E-state index contributed by atoms with van der Waals surface area (Å²) in [7, 11) is -3.71. The first-order valence-corrected chi connectivity index (χ1v) is 6.18. The fourth-order valence-electron chi connectivity index (χ4n) is 0.872. The molecule has 0 heterocycles. The van der Waals surface area contributed by atoms with Gasteiger partial charge in [-0.25, -0.2) is 8.42 Å².